The van der Waals surface area contributed by atoms with Crippen LogP contribution in [0.3, 0.4) is 0 Å². The minimum absolute atomic E-state index is 0.0967. The summed E-state index contributed by atoms with van der Waals surface area (Å²) in [6.45, 7) is 4.22. The van der Waals surface area contributed by atoms with Gasteiger partial charge in [-0.15, -0.1) is 0 Å². The zero-order chi connectivity index (χ0) is 16.0. The Balaban J connectivity index is 2.88. The van der Waals surface area contributed by atoms with E-state index in [4.69, 9.17) is 5.73 Å². The Morgan fingerprint density at radius 2 is 2.10 bits per heavy atom. The maximum atomic E-state index is 12.6. The maximum Gasteiger partial charge on any atom is 0.326 e. The lowest BCUT2D eigenvalue weighted by molar-refractivity contribution is -0.155. The smallest absolute Gasteiger partial charge is 0.326 e. The topological polar surface area (TPSA) is 113 Å². The summed E-state index contributed by atoms with van der Waals surface area (Å²) in [6.07, 6.45) is 3.66. The van der Waals surface area contributed by atoms with Gasteiger partial charge in [-0.2, -0.15) is 0 Å². The van der Waals surface area contributed by atoms with Gasteiger partial charge in [-0.25, -0.2) is 9.59 Å². The predicted molar refractivity (Wildman–Crippen MR) is 77.6 cm³/mol. The molecule has 1 heterocycles. The zero-order valence-electron chi connectivity index (χ0n) is 12.7. The van der Waals surface area contributed by atoms with Crippen LogP contribution in [0.15, 0.2) is 0 Å². The van der Waals surface area contributed by atoms with E-state index in [0.29, 0.717) is 13.0 Å². The molecule has 21 heavy (non-hydrogen) atoms. The third-order valence-electron chi connectivity index (χ3n) is 3.93. The number of carbonyl (C=O) groups is 3. The molecule has 1 rings (SSSR count). The first-order valence-corrected chi connectivity index (χ1v) is 7.47. The third kappa shape index (κ3) is 4.61. The van der Waals surface area contributed by atoms with Crippen molar-refractivity contribution in [1.29, 1.82) is 0 Å². The van der Waals surface area contributed by atoms with Crippen molar-refractivity contribution in [3.05, 3.63) is 0 Å². The minimum Gasteiger partial charge on any atom is -0.480 e. The zero-order valence-corrected chi connectivity index (χ0v) is 12.7. The molecule has 0 bridgehead atoms. The first-order chi connectivity index (χ1) is 9.88. The highest BCUT2D eigenvalue weighted by atomic mass is 16.4. The van der Waals surface area contributed by atoms with Crippen LogP contribution < -0.4 is 11.1 Å². The van der Waals surface area contributed by atoms with Gasteiger partial charge >= 0.3 is 12.0 Å². The molecule has 0 aromatic rings. The molecule has 0 aromatic carbocycles. The monoisotopic (exact) mass is 299 g/mol. The van der Waals surface area contributed by atoms with E-state index < -0.39 is 24.1 Å². The van der Waals surface area contributed by atoms with E-state index in [9.17, 15) is 19.5 Å². The molecule has 0 aliphatic carbocycles. The number of hydrogen-bond donors (Lipinski definition) is 3. The molecule has 120 valence electrons. The molecule has 7 heteroatoms. The van der Waals surface area contributed by atoms with E-state index in [2.05, 4.69) is 5.32 Å². The van der Waals surface area contributed by atoms with Crippen molar-refractivity contribution in [3.63, 3.8) is 0 Å². The van der Waals surface area contributed by atoms with Gasteiger partial charge in [0, 0.05) is 6.54 Å². The number of urea groups is 1. The third-order valence-corrected chi connectivity index (χ3v) is 3.93. The number of carboxylic acid groups (broad SMARTS) is 1. The molecule has 1 saturated heterocycles. The Kier molecular flexibility index (Phi) is 6.45. The average molecular weight is 299 g/mol. The summed E-state index contributed by atoms with van der Waals surface area (Å²) in [4.78, 5) is 36.5. The van der Waals surface area contributed by atoms with Crippen LogP contribution in [0, 0.1) is 5.92 Å². The number of unbranched alkanes of at least 4 members (excludes halogenated alkanes) is 1. The number of carbonyl (C=O) groups excluding carboxylic acids is 2. The van der Waals surface area contributed by atoms with Crippen molar-refractivity contribution in [2.75, 3.05) is 6.54 Å². The van der Waals surface area contributed by atoms with E-state index in [1.54, 1.807) is 0 Å². The van der Waals surface area contributed by atoms with Gasteiger partial charge in [0.1, 0.15) is 12.1 Å². The number of hydrogen-bond acceptors (Lipinski definition) is 3. The number of nitrogens with zero attached hydrogens (tertiary/aromatic N) is 1. The normalized spacial score (nSPS) is 23.4. The van der Waals surface area contributed by atoms with Gasteiger partial charge in [-0.3, -0.25) is 4.79 Å². The van der Waals surface area contributed by atoms with Crippen LogP contribution in [0.25, 0.3) is 0 Å². The number of primary amides is 1. The van der Waals surface area contributed by atoms with Crippen LogP contribution in [0.1, 0.15) is 46.0 Å². The fourth-order valence-electron chi connectivity index (χ4n) is 2.85. The molecule has 0 spiro atoms. The Hall–Kier alpha value is -1.79. The van der Waals surface area contributed by atoms with Crippen molar-refractivity contribution in [3.8, 4) is 0 Å². The van der Waals surface area contributed by atoms with Gasteiger partial charge in [0.2, 0.25) is 5.91 Å². The summed E-state index contributed by atoms with van der Waals surface area (Å²) in [5.74, 6) is -1.44. The number of nitrogens with two attached hydrogens (primary N) is 1. The molecular formula is C14H25N3O4. The average Bonchev–Trinajstić information content (AvgIpc) is 2.41. The quantitative estimate of drug-likeness (QED) is 0.677. The second kappa shape index (κ2) is 7.85. The summed E-state index contributed by atoms with van der Waals surface area (Å²) < 4.78 is 0. The van der Waals surface area contributed by atoms with Gasteiger partial charge in [0.25, 0.3) is 0 Å². The van der Waals surface area contributed by atoms with E-state index in [1.165, 1.54) is 4.90 Å². The number of rotatable bonds is 6. The highest BCUT2D eigenvalue weighted by Gasteiger charge is 2.39. The van der Waals surface area contributed by atoms with Gasteiger partial charge in [-0.05, 0) is 25.2 Å². The minimum atomic E-state index is -0.996. The van der Waals surface area contributed by atoms with E-state index in [-0.39, 0.29) is 11.8 Å². The molecule has 4 N–H and O–H groups in total. The molecule has 1 aliphatic heterocycles. The lowest BCUT2D eigenvalue weighted by atomic mass is 9.90. The van der Waals surface area contributed by atoms with Gasteiger partial charge in [-0.1, -0.05) is 26.7 Å². The lowest BCUT2D eigenvalue weighted by Gasteiger charge is -2.39. The second-order valence-corrected chi connectivity index (χ2v) is 5.64. The SMILES string of the molecule is CCCCC(NC(N)=O)C(=O)N1CCCC(C)C1C(=O)O. The summed E-state index contributed by atoms with van der Waals surface area (Å²) in [5.41, 5.74) is 5.12. The standard InChI is InChI=1S/C14H25N3O4/c1-3-4-7-10(16-14(15)21)12(18)17-8-5-6-9(2)11(17)13(19)20/h9-11H,3-8H2,1-2H3,(H,19,20)(H3,15,16,21). The number of piperidine rings is 1. The molecule has 0 aromatic heterocycles. The molecule has 3 atom stereocenters. The largest absolute Gasteiger partial charge is 0.480 e. The lowest BCUT2D eigenvalue weighted by Crippen LogP contribution is -2.58. The molecular weight excluding hydrogens is 274 g/mol. The van der Waals surface area contributed by atoms with E-state index in [0.717, 1.165) is 25.7 Å². The number of nitrogens with one attached hydrogen (secondary N) is 1. The summed E-state index contributed by atoms with van der Waals surface area (Å²) >= 11 is 0. The molecule has 3 unspecified atom stereocenters. The molecule has 7 nitrogen and oxygen atoms in total. The summed E-state index contributed by atoms with van der Waals surface area (Å²) in [7, 11) is 0. The highest BCUT2D eigenvalue weighted by Crippen LogP contribution is 2.24. The number of amides is 3. The Morgan fingerprint density at radius 3 is 2.62 bits per heavy atom. The van der Waals surface area contributed by atoms with E-state index in [1.807, 2.05) is 13.8 Å². The second-order valence-electron chi connectivity index (χ2n) is 5.64. The molecule has 1 aliphatic rings. The van der Waals surface area contributed by atoms with Crippen LogP contribution >= 0.6 is 0 Å². The van der Waals surface area contributed by atoms with Crippen molar-refractivity contribution in [2.24, 2.45) is 11.7 Å². The van der Waals surface area contributed by atoms with Crippen LogP contribution in [0.2, 0.25) is 0 Å². The van der Waals surface area contributed by atoms with Crippen molar-refractivity contribution in [2.45, 2.75) is 58.0 Å². The van der Waals surface area contributed by atoms with Crippen LogP contribution in [0.4, 0.5) is 4.79 Å². The summed E-state index contributed by atoms with van der Waals surface area (Å²) in [6, 6.07) is -2.33. The fraction of sp³-hybridized carbons (Fsp3) is 0.786. The number of carboxylic acids is 1. The highest BCUT2D eigenvalue weighted by molar-refractivity contribution is 5.90. The van der Waals surface area contributed by atoms with Gasteiger partial charge in [0.05, 0.1) is 0 Å². The van der Waals surface area contributed by atoms with Crippen LogP contribution in [-0.4, -0.2) is 46.5 Å². The fourth-order valence-corrected chi connectivity index (χ4v) is 2.85. The van der Waals surface area contributed by atoms with E-state index >= 15 is 0 Å². The van der Waals surface area contributed by atoms with Crippen LogP contribution in [-0.2, 0) is 9.59 Å². The Morgan fingerprint density at radius 1 is 1.43 bits per heavy atom. The van der Waals surface area contributed by atoms with Crippen molar-refractivity contribution >= 4 is 17.9 Å². The summed E-state index contributed by atoms with van der Waals surface area (Å²) in [5, 5.41) is 11.8. The molecule has 0 radical (unpaired) electrons. The Labute approximate surface area is 124 Å². The first-order valence-electron chi connectivity index (χ1n) is 7.47. The van der Waals surface area contributed by atoms with Crippen molar-refractivity contribution < 1.29 is 19.5 Å². The van der Waals surface area contributed by atoms with Gasteiger partial charge in [0.15, 0.2) is 0 Å². The number of likely N-dealkylation sites (tertiary alicyclic amines) is 1. The predicted octanol–water partition coefficient (Wildman–Crippen LogP) is 0.925. The number of aliphatic carboxylic acids is 1. The maximum absolute atomic E-state index is 12.6. The van der Waals surface area contributed by atoms with Gasteiger partial charge < -0.3 is 21.1 Å². The molecule has 0 saturated carbocycles. The van der Waals surface area contributed by atoms with Crippen LogP contribution in [0.5, 0.6) is 0 Å². The molecule has 1 fully saturated rings. The van der Waals surface area contributed by atoms with Crippen molar-refractivity contribution in [1.82, 2.24) is 10.2 Å². The molecule has 3 amide bonds. The first kappa shape index (κ1) is 17.3. The Bertz CT molecular complexity index is 400.